The van der Waals surface area contributed by atoms with Gasteiger partial charge in [-0.05, 0) is 31.7 Å². The zero-order valence-electron chi connectivity index (χ0n) is 15.6. The lowest BCUT2D eigenvalue weighted by molar-refractivity contribution is 0.180. The third-order valence-electron chi connectivity index (χ3n) is 5.65. The maximum Gasteiger partial charge on any atom is 0.317 e. The first-order valence-corrected chi connectivity index (χ1v) is 9.75. The number of fused-ring (bicyclic) bond motifs is 1. The third-order valence-corrected chi connectivity index (χ3v) is 5.65. The van der Waals surface area contributed by atoms with Crippen LogP contribution in [0.15, 0.2) is 23.1 Å². The molecule has 2 aromatic rings. The molecule has 2 aliphatic rings. The smallest absolute Gasteiger partial charge is 0.317 e. The molecule has 0 spiro atoms. The monoisotopic (exact) mass is 370 g/mol. The first kappa shape index (κ1) is 17.8. The van der Waals surface area contributed by atoms with Gasteiger partial charge < -0.3 is 15.5 Å². The molecule has 8 heteroatoms. The molecule has 1 saturated heterocycles. The molecule has 1 aliphatic heterocycles. The van der Waals surface area contributed by atoms with Gasteiger partial charge >= 0.3 is 6.03 Å². The Morgan fingerprint density at radius 3 is 2.59 bits per heavy atom. The molecule has 2 amide bonds. The molecule has 4 rings (SSSR count). The predicted octanol–water partition coefficient (Wildman–Crippen LogP) is 1.86. The van der Waals surface area contributed by atoms with Crippen molar-refractivity contribution in [3.63, 3.8) is 0 Å². The minimum atomic E-state index is -0.0891. The van der Waals surface area contributed by atoms with Crippen LogP contribution in [-0.4, -0.2) is 50.6 Å². The number of pyridine rings is 1. The standard InChI is InChI=1S/C19H26N6O2/c1-24-16(26)7-6-13-12-20-18(23-17(13)24)21-15-8-10-25(11-9-15)19(27)22-14-4-2-3-5-14/h6-7,12,14-15H,2-5,8-11H2,1H3,(H,22,27)(H,20,21,23). The van der Waals surface area contributed by atoms with Crippen molar-refractivity contribution in [1.82, 2.24) is 24.8 Å². The van der Waals surface area contributed by atoms with Gasteiger partial charge in [0.1, 0.15) is 5.65 Å². The van der Waals surface area contributed by atoms with Gasteiger partial charge in [0.05, 0.1) is 0 Å². The van der Waals surface area contributed by atoms with Crippen LogP contribution in [-0.2, 0) is 7.05 Å². The van der Waals surface area contributed by atoms with Crippen LogP contribution in [0.25, 0.3) is 11.0 Å². The Kier molecular flexibility index (Phi) is 4.96. The van der Waals surface area contributed by atoms with Crippen LogP contribution < -0.4 is 16.2 Å². The molecular formula is C19H26N6O2. The summed E-state index contributed by atoms with van der Waals surface area (Å²) < 4.78 is 1.53. The van der Waals surface area contributed by atoms with E-state index in [1.54, 1.807) is 19.3 Å². The van der Waals surface area contributed by atoms with E-state index in [0.717, 1.165) is 44.2 Å². The summed E-state index contributed by atoms with van der Waals surface area (Å²) in [5, 5.41) is 7.34. The maximum absolute atomic E-state index is 12.4. The number of anilines is 1. The van der Waals surface area contributed by atoms with Crippen molar-refractivity contribution >= 4 is 23.0 Å². The maximum atomic E-state index is 12.4. The first-order chi connectivity index (χ1) is 13.1. The molecule has 0 aromatic carbocycles. The lowest BCUT2D eigenvalue weighted by Gasteiger charge is -2.33. The number of hydrogen-bond acceptors (Lipinski definition) is 5. The molecule has 144 valence electrons. The Balaban J connectivity index is 1.35. The fourth-order valence-electron chi connectivity index (χ4n) is 3.96. The largest absolute Gasteiger partial charge is 0.351 e. The molecule has 2 N–H and O–H groups in total. The summed E-state index contributed by atoms with van der Waals surface area (Å²) >= 11 is 0. The second-order valence-electron chi connectivity index (χ2n) is 7.54. The van der Waals surface area contributed by atoms with Gasteiger partial charge in [0.2, 0.25) is 5.95 Å². The highest BCUT2D eigenvalue weighted by Gasteiger charge is 2.25. The van der Waals surface area contributed by atoms with Crippen molar-refractivity contribution in [2.45, 2.75) is 50.6 Å². The Labute approximate surface area is 158 Å². The van der Waals surface area contributed by atoms with E-state index < -0.39 is 0 Å². The lowest BCUT2D eigenvalue weighted by Crippen LogP contribution is -2.49. The van der Waals surface area contributed by atoms with Crippen LogP contribution in [0.4, 0.5) is 10.7 Å². The van der Waals surface area contributed by atoms with Gasteiger partial charge in [-0.1, -0.05) is 12.8 Å². The van der Waals surface area contributed by atoms with Crippen LogP contribution in [0.5, 0.6) is 0 Å². The van der Waals surface area contributed by atoms with Gasteiger partial charge in [-0.15, -0.1) is 0 Å². The third kappa shape index (κ3) is 3.89. The first-order valence-electron chi connectivity index (χ1n) is 9.75. The SMILES string of the molecule is Cn1c(=O)ccc2cnc(NC3CCN(C(=O)NC4CCCC4)CC3)nc21. The zero-order valence-corrected chi connectivity index (χ0v) is 15.6. The highest BCUT2D eigenvalue weighted by atomic mass is 16.2. The number of piperidine rings is 1. The average Bonchev–Trinajstić information content (AvgIpc) is 3.19. The number of amides is 2. The molecule has 3 heterocycles. The lowest BCUT2D eigenvalue weighted by atomic mass is 10.1. The number of carbonyl (C=O) groups is 1. The van der Waals surface area contributed by atoms with Gasteiger partial charge in [0, 0.05) is 49.9 Å². The van der Waals surface area contributed by atoms with Crippen molar-refractivity contribution < 1.29 is 4.79 Å². The van der Waals surface area contributed by atoms with Gasteiger partial charge in [-0.2, -0.15) is 4.98 Å². The van der Waals surface area contributed by atoms with E-state index in [9.17, 15) is 9.59 Å². The molecule has 27 heavy (non-hydrogen) atoms. The van der Waals surface area contributed by atoms with E-state index >= 15 is 0 Å². The topological polar surface area (TPSA) is 92.2 Å². The molecular weight excluding hydrogens is 344 g/mol. The van der Waals surface area contributed by atoms with E-state index in [-0.39, 0.29) is 17.6 Å². The van der Waals surface area contributed by atoms with Crippen molar-refractivity contribution in [1.29, 1.82) is 0 Å². The summed E-state index contributed by atoms with van der Waals surface area (Å²) in [5.41, 5.74) is 0.530. The number of rotatable bonds is 3. The number of nitrogens with one attached hydrogen (secondary N) is 2. The van der Waals surface area contributed by atoms with E-state index in [2.05, 4.69) is 20.6 Å². The predicted molar refractivity (Wildman–Crippen MR) is 104 cm³/mol. The van der Waals surface area contributed by atoms with Crippen molar-refractivity contribution in [3.05, 3.63) is 28.7 Å². The summed E-state index contributed by atoms with van der Waals surface area (Å²) in [7, 11) is 1.71. The summed E-state index contributed by atoms with van der Waals surface area (Å²) in [4.78, 5) is 34.9. The van der Waals surface area contributed by atoms with Crippen LogP contribution in [0, 0.1) is 0 Å². The van der Waals surface area contributed by atoms with E-state index in [4.69, 9.17) is 0 Å². The van der Waals surface area contributed by atoms with Crippen molar-refractivity contribution in [2.75, 3.05) is 18.4 Å². The van der Waals surface area contributed by atoms with Crippen molar-refractivity contribution in [2.24, 2.45) is 7.05 Å². The van der Waals surface area contributed by atoms with Crippen LogP contribution in [0.1, 0.15) is 38.5 Å². The number of urea groups is 1. The molecule has 2 aromatic heterocycles. The van der Waals surface area contributed by atoms with Gasteiger partial charge in [-0.25, -0.2) is 9.78 Å². The second kappa shape index (κ2) is 7.54. The zero-order chi connectivity index (χ0) is 18.8. The molecule has 1 aliphatic carbocycles. The molecule has 0 unspecified atom stereocenters. The molecule has 2 fully saturated rings. The van der Waals surface area contributed by atoms with Crippen LogP contribution in [0.3, 0.4) is 0 Å². The minimum Gasteiger partial charge on any atom is -0.351 e. The normalized spacial score (nSPS) is 18.8. The van der Waals surface area contributed by atoms with Crippen LogP contribution in [0.2, 0.25) is 0 Å². The Morgan fingerprint density at radius 2 is 1.85 bits per heavy atom. The highest BCUT2D eigenvalue weighted by Crippen LogP contribution is 2.19. The number of hydrogen-bond donors (Lipinski definition) is 2. The van der Waals surface area contributed by atoms with Gasteiger partial charge in [0.15, 0.2) is 0 Å². The van der Waals surface area contributed by atoms with Crippen LogP contribution >= 0.6 is 0 Å². The summed E-state index contributed by atoms with van der Waals surface area (Å²) in [5.74, 6) is 0.526. The van der Waals surface area contributed by atoms with E-state index in [1.165, 1.54) is 23.5 Å². The second-order valence-corrected chi connectivity index (χ2v) is 7.54. The minimum absolute atomic E-state index is 0.0669. The molecule has 0 bridgehead atoms. The summed E-state index contributed by atoms with van der Waals surface area (Å²) in [6.07, 6.45) is 8.08. The fraction of sp³-hybridized carbons (Fsp3) is 0.579. The number of nitrogens with zero attached hydrogens (tertiary/aromatic N) is 4. The van der Waals surface area contributed by atoms with Gasteiger partial charge in [0.25, 0.3) is 5.56 Å². The van der Waals surface area contributed by atoms with E-state index in [1.807, 2.05) is 4.90 Å². The molecule has 0 radical (unpaired) electrons. The Bertz CT molecular complexity index is 881. The number of carbonyl (C=O) groups excluding carboxylic acids is 1. The summed E-state index contributed by atoms with van der Waals surface area (Å²) in [6, 6.07) is 3.90. The average molecular weight is 370 g/mol. The quantitative estimate of drug-likeness (QED) is 0.860. The Hall–Kier alpha value is -2.64. The molecule has 0 atom stereocenters. The van der Waals surface area contributed by atoms with Crippen molar-refractivity contribution in [3.8, 4) is 0 Å². The molecule has 8 nitrogen and oxygen atoms in total. The van der Waals surface area contributed by atoms with E-state index in [0.29, 0.717) is 17.6 Å². The number of aromatic nitrogens is 3. The highest BCUT2D eigenvalue weighted by molar-refractivity contribution is 5.75. The Morgan fingerprint density at radius 1 is 1.11 bits per heavy atom. The van der Waals surface area contributed by atoms with Gasteiger partial charge in [-0.3, -0.25) is 9.36 Å². The number of likely N-dealkylation sites (tertiary alicyclic amines) is 1. The molecule has 1 saturated carbocycles. The number of aryl methyl sites for hydroxylation is 1. The fourth-order valence-corrected chi connectivity index (χ4v) is 3.96. The summed E-state index contributed by atoms with van der Waals surface area (Å²) in [6.45, 7) is 1.45.